The zero-order chi connectivity index (χ0) is 21.0. The van der Waals surface area contributed by atoms with E-state index in [1.165, 1.54) is 6.26 Å². The zero-order valence-electron chi connectivity index (χ0n) is 16.3. The van der Waals surface area contributed by atoms with Gasteiger partial charge in [-0.1, -0.05) is 24.3 Å². The maximum atomic E-state index is 12.1. The number of hydrogen-bond acceptors (Lipinski definition) is 6. The van der Waals surface area contributed by atoms with E-state index in [2.05, 4.69) is 20.3 Å². The molecular formula is C23H20N4O2S. The van der Waals surface area contributed by atoms with Gasteiger partial charge in [0, 0.05) is 42.5 Å². The fourth-order valence-electron chi connectivity index (χ4n) is 3.35. The smallest absolute Gasteiger partial charge is 0.175 e. The number of hydrogen-bond donors (Lipinski definition) is 1. The molecule has 0 aliphatic rings. The number of sulfone groups is 1. The van der Waals surface area contributed by atoms with Crippen molar-refractivity contribution in [3.8, 4) is 0 Å². The summed E-state index contributed by atoms with van der Waals surface area (Å²) >= 11 is 0. The van der Waals surface area contributed by atoms with Crippen LogP contribution in [0, 0.1) is 0 Å². The Hall–Kier alpha value is -3.58. The van der Waals surface area contributed by atoms with Crippen LogP contribution in [0.15, 0.2) is 96.5 Å². The number of anilines is 2. The average Bonchev–Trinajstić information content (AvgIpc) is 2.76. The molecule has 4 rings (SSSR count). The summed E-state index contributed by atoms with van der Waals surface area (Å²) in [6, 6.07) is 18.5. The van der Waals surface area contributed by atoms with Gasteiger partial charge >= 0.3 is 0 Å². The zero-order valence-corrected chi connectivity index (χ0v) is 17.1. The second-order valence-electron chi connectivity index (χ2n) is 6.87. The van der Waals surface area contributed by atoms with Gasteiger partial charge in [-0.15, -0.1) is 0 Å². The van der Waals surface area contributed by atoms with Crippen LogP contribution >= 0.6 is 0 Å². The first kappa shape index (κ1) is 19.7. The van der Waals surface area contributed by atoms with Crippen molar-refractivity contribution >= 4 is 21.3 Å². The average molecular weight is 417 g/mol. The fourth-order valence-corrected chi connectivity index (χ4v) is 4.03. The second-order valence-corrected chi connectivity index (χ2v) is 8.89. The van der Waals surface area contributed by atoms with Crippen molar-refractivity contribution in [1.29, 1.82) is 0 Å². The van der Waals surface area contributed by atoms with Gasteiger partial charge in [0.15, 0.2) is 9.84 Å². The highest BCUT2D eigenvalue weighted by Crippen LogP contribution is 2.36. The van der Waals surface area contributed by atoms with Crippen LogP contribution < -0.4 is 5.32 Å². The Kier molecular flexibility index (Phi) is 5.54. The van der Waals surface area contributed by atoms with Gasteiger partial charge in [0.1, 0.15) is 5.82 Å². The molecule has 30 heavy (non-hydrogen) atoms. The molecule has 1 N–H and O–H groups in total. The molecule has 7 heteroatoms. The van der Waals surface area contributed by atoms with Crippen molar-refractivity contribution in [1.82, 2.24) is 15.0 Å². The second kappa shape index (κ2) is 8.42. The highest BCUT2D eigenvalue weighted by atomic mass is 32.2. The standard InChI is InChI=1S/C23H20N4O2S/c1-30(28,29)20-9-2-6-17(14-20)22(18-7-3-11-24-15-18)21-10-5-13-26-23(21)27-19-8-4-12-25-16-19/h2-16,22H,1H3,(H,26,27). The van der Waals surface area contributed by atoms with Gasteiger partial charge < -0.3 is 5.32 Å². The number of nitrogens with one attached hydrogen (secondary N) is 1. The summed E-state index contributed by atoms with van der Waals surface area (Å²) in [5.41, 5.74) is 3.49. The van der Waals surface area contributed by atoms with Crippen LogP contribution in [0.2, 0.25) is 0 Å². The fraction of sp³-hybridized carbons (Fsp3) is 0.0870. The monoisotopic (exact) mass is 416 g/mol. The van der Waals surface area contributed by atoms with E-state index < -0.39 is 9.84 Å². The first-order valence-corrected chi connectivity index (χ1v) is 11.2. The van der Waals surface area contributed by atoms with Gasteiger partial charge in [-0.05, 0) is 47.5 Å². The third-order valence-corrected chi connectivity index (χ3v) is 5.82. The Morgan fingerprint density at radius 3 is 2.27 bits per heavy atom. The quantitative estimate of drug-likeness (QED) is 0.507. The Morgan fingerprint density at radius 2 is 1.57 bits per heavy atom. The lowest BCUT2D eigenvalue weighted by molar-refractivity contribution is 0.601. The van der Waals surface area contributed by atoms with Gasteiger partial charge in [-0.2, -0.15) is 0 Å². The highest BCUT2D eigenvalue weighted by molar-refractivity contribution is 7.90. The SMILES string of the molecule is CS(=O)(=O)c1cccc(C(c2cccnc2)c2cccnc2Nc2cccnc2)c1. The lowest BCUT2D eigenvalue weighted by Gasteiger charge is -2.22. The molecule has 1 unspecified atom stereocenters. The number of rotatable bonds is 6. The molecule has 0 radical (unpaired) electrons. The van der Waals surface area contributed by atoms with E-state index in [0.717, 1.165) is 22.4 Å². The van der Waals surface area contributed by atoms with E-state index >= 15 is 0 Å². The summed E-state index contributed by atoms with van der Waals surface area (Å²) < 4.78 is 24.3. The molecule has 0 saturated carbocycles. The molecule has 0 spiro atoms. The van der Waals surface area contributed by atoms with Crippen LogP contribution in [0.4, 0.5) is 11.5 Å². The maximum Gasteiger partial charge on any atom is 0.175 e. The predicted octanol–water partition coefficient (Wildman–Crippen LogP) is 4.20. The van der Waals surface area contributed by atoms with Crippen LogP contribution in [0.1, 0.15) is 22.6 Å². The lowest BCUT2D eigenvalue weighted by Crippen LogP contribution is -2.09. The Balaban J connectivity index is 1.87. The summed E-state index contributed by atoms with van der Waals surface area (Å²) in [4.78, 5) is 13.2. The first-order valence-electron chi connectivity index (χ1n) is 9.34. The maximum absolute atomic E-state index is 12.1. The van der Waals surface area contributed by atoms with Gasteiger partial charge in [0.2, 0.25) is 0 Å². The van der Waals surface area contributed by atoms with Crippen LogP contribution in [-0.2, 0) is 9.84 Å². The van der Waals surface area contributed by atoms with Crippen molar-refractivity contribution < 1.29 is 8.42 Å². The Labute approximate surface area is 175 Å². The van der Waals surface area contributed by atoms with Crippen molar-refractivity contribution in [2.75, 3.05) is 11.6 Å². The molecule has 0 amide bonds. The van der Waals surface area contributed by atoms with E-state index in [-0.39, 0.29) is 10.8 Å². The molecule has 0 aliphatic heterocycles. The third-order valence-electron chi connectivity index (χ3n) is 4.71. The largest absolute Gasteiger partial charge is 0.339 e. The van der Waals surface area contributed by atoms with Gasteiger partial charge in [0.05, 0.1) is 16.8 Å². The van der Waals surface area contributed by atoms with E-state index in [1.807, 2.05) is 42.5 Å². The number of nitrogens with zero attached hydrogens (tertiary/aromatic N) is 3. The van der Waals surface area contributed by atoms with Crippen molar-refractivity contribution in [3.05, 3.63) is 108 Å². The molecule has 150 valence electrons. The Morgan fingerprint density at radius 1 is 0.833 bits per heavy atom. The summed E-state index contributed by atoms with van der Waals surface area (Å²) in [6.07, 6.45) is 9.87. The Bertz CT molecular complexity index is 1250. The van der Waals surface area contributed by atoms with Crippen molar-refractivity contribution in [2.24, 2.45) is 0 Å². The predicted molar refractivity (Wildman–Crippen MR) is 116 cm³/mol. The summed E-state index contributed by atoms with van der Waals surface area (Å²) in [5.74, 6) is 0.414. The third kappa shape index (κ3) is 4.36. The van der Waals surface area contributed by atoms with Crippen LogP contribution in [0.25, 0.3) is 0 Å². The summed E-state index contributed by atoms with van der Waals surface area (Å²) in [6.45, 7) is 0. The minimum atomic E-state index is -3.34. The van der Waals surface area contributed by atoms with E-state index in [9.17, 15) is 8.42 Å². The van der Waals surface area contributed by atoms with Crippen molar-refractivity contribution in [2.45, 2.75) is 10.8 Å². The molecule has 1 aromatic carbocycles. The van der Waals surface area contributed by atoms with Gasteiger partial charge in [0.25, 0.3) is 0 Å². The number of benzene rings is 1. The van der Waals surface area contributed by atoms with Gasteiger partial charge in [-0.25, -0.2) is 13.4 Å². The van der Waals surface area contributed by atoms with Crippen LogP contribution in [0.5, 0.6) is 0 Å². The number of pyridine rings is 3. The first-order chi connectivity index (χ1) is 14.5. The van der Waals surface area contributed by atoms with Gasteiger partial charge in [-0.3, -0.25) is 9.97 Å². The summed E-state index contributed by atoms with van der Waals surface area (Å²) in [7, 11) is -3.34. The minimum Gasteiger partial charge on any atom is -0.339 e. The molecule has 0 aliphatic carbocycles. The molecule has 3 aromatic heterocycles. The number of aromatic nitrogens is 3. The highest BCUT2D eigenvalue weighted by Gasteiger charge is 2.22. The van der Waals surface area contributed by atoms with E-state index in [1.54, 1.807) is 49.2 Å². The topological polar surface area (TPSA) is 84.8 Å². The van der Waals surface area contributed by atoms with Crippen LogP contribution in [0.3, 0.4) is 0 Å². The molecule has 3 heterocycles. The molecule has 4 aromatic rings. The normalized spacial score (nSPS) is 12.3. The minimum absolute atomic E-state index is 0.256. The molecule has 0 fully saturated rings. The van der Waals surface area contributed by atoms with E-state index in [4.69, 9.17) is 0 Å². The van der Waals surface area contributed by atoms with E-state index in [0.29, 0.717) is 5.82 Å². The molecule has 0 saturated heterocycles. The lowest BCUT2D eigenvalue weighted by atomic mass is 9.86. The molecular weight excluding hydrogens is 396 g/mol. The molecule has 0 bridgehead atoms. The molecule has 1 atom stereocenters. The molecule has 6 nitrogen and oxygen atoms in total. The summed E-state index contributed by atoms with van der Waals surface area (Å²) in [5, 5.41) is 3.33. The van der Waals surface area contributed by atoms with Crippen molar-refractivity contribution in [3.63, 3.8) is 0 Å². The van der Waals surface area contributed by atoms with Crippen LogP contribution in [-0.4, -0.2) is 29.6 Å².